The van der Waals surface area contributed by atoms with Gasteiger partial charge in [0, 0.05) is 21.1 Å². The molecule has 3 heteroatoms. The van der Waals surface area contributed by atoms with E-state index >= 15 is 0 Å². The summed E-state index contributed by atoms with van der Waals surface area (Å²) in [6.07, 6.45) is 5.10. The quantitative estimate of drug-likeness (QED) is 0.513. The van der Waals surface area contributed by atoms with Crippen LogP contribution in [-0.4, -0.2) is 15.8 Å². The minimum atomic E-state index is -0.945. The summed E-state index contributed by atoms with van der Waals surface area (Å²) in [4.78, 5) is 0. The number of fused-ring (bicyclic) bond motifs is 2. The second kappa shape index (κ2) is 2.69. The van der Waals surface area contributed by atoms with Crippen LogP contribution >= 0.6 is 0 Å². The molecule has 2 nitrogen and oxygen atoms in total. The molecule has 3 atom stereocenters. The van der Waals surface area contributed by atoms with Gasteiger partial charge in [0.05, 0.1) is 0 Å². The first kappa shape index (κ1) is 9.44. The summed E-state index contributed by atoms with van der Waals surface area (Å²) >= 11 is 0. The monoisotopic (exact) mass is 323 g/mol. The second-order valence-electron chi connectivity index (χ2n) is 3.37. The Morgan fingerprint density at radius 3 is 2.45 bits per heavy atom. The van der Waals surface area contributed by atoms with Crippen LogP contribution in [0.4, 0.5) is 0 Å². The number of rotatable bonds is 0. The van der Waals surface area contributed by atoms with Gasteiger partial charge in [-0.1, -0.05) is 19.4 Å². The van der Waals surface area contributed by atoms with E-state index in [2.05, 4.69) is 0 Å². The molecule has 0 aromatic carbocycles. The summed E-state index contributed by atoms with van der Waals surface area (Å²) < 4.78 is 0. The molecule has 62 valence electrons. The molecule has 2 bridgehead atoms. The van der Waals surface area contributed by atoms with E-state index in [1.54, 1.807) is 6.92 Å². The molecule has 1 fully saturated rings. The Morgan fingerprint density at radius 1 is 1.55 bits per heavy atom. The van der Waals surface area contributed by atoms with E-state index in [0.29, 0.717) is 0 Å². The van der Waals surface area contributed by atoms with E-state index in [1.165, 1.54) is 0 Å². The van der Waals surface area contributed by atoms with Crippen molar-refractivity contribution in [2.75, 3.05) is 0 Å². The van der Waals surface area contributed by atoms with Crippen LogP contribution in [0.5, 0.6) is 0 Å². The second-order valence-corrected chi connectivity index (χ2v) is 3.37. The molecule has 0 heterocycles. The van der Waals surface area contributed by atoms with E-state index in [4.69, 9.17) is 0 Å². The van der Waals surface area contributed by atoms with Crippen molar-refractivity contribution in [1.82, 2.24) is 0 Å². The summed E-state index contributed by atoms with van der Waals surface area (Å²) in [6.45, 7) is 1.68. The fraction of sp³-hybridized carbons (Fsp3) is 0.625. The van der Waals surface area contributed by atoms with Crippen LogP contribution in [0, 0.1) is 17.9 Å². The topological polar surface area (TPSA) is 40.5 Å². The first-order valence-electron chi connectivity index (χ1n) is 3.59. The van der Waals surface area contributed by atoms with Gasteiger partial charge in [-0.25, -0.2) is 0 Å². The minimum Gasteiger partial charge on any atom is -0.560 e. The molecular formula is C8H11O2W-. The van der Waals surface area contributed by atoms with Crippen LogP contribution in [0.25, 0.3) is 0 Å². The van der Waals surface area contributed by atoms with E-state index in [1.807, 2.05) is 12.2 Å². The van der Waals surface area contributed by atoms with Gasteiger partial charge < -0.3 is 10.2 Å². The van der Waals surface area contributed by atoms with Gasteiger partial charge in [0.15, 0.2) is 0 Å². The van der Waals surface area contributed by atoms with Gasteiger partial charge >= 0.3 is 0 Å². The van der Waals surface area contributed by atoms with Crippen molar-refractivity contribution in [1.29, 1.82) is 0 Å². The predicted octanol–water partition coefficient (Wildman–Crippen LogP) is 0.845. The molecular weight excluding hydrogens is 312 g/mol. The molecule has 0 saturated heterocycles. The maximum absolute atomic E-state index is 9.61. The van der Waals surface area contributed by atoms with Crippen LogP contribution in [0.15, 0.2) is 12.2 Å². The fourth-order valence-electron chi connectivity index (χ4n) is 1.88. The Morgan fingerprint density at radius 2 is 2.18 bits per heavy atom. The molecule has 0 aromatic rings. The van der Waals surface area contributed by atoms with Crippen molar-refractivity contribution in [2.45, 2.75) is 18.9 Å². The SMILES string of the molecule is CC1(O)[C-](O)C2C=CC1C2.[W]. The van der Waals surface area contributed by atoms with Gasteiger partial charge in [0.1, 0.15) is 0 Å². The zero-order valence-corrected chi connectivity index (χ0v) is 9.25. The Hall–Kier alpha value is 0.348. The zero-order valence-electron chi connectivity index (χ0n) is 6.32. The maximum Gasteiger partial charge on any atom is 0 e. The summed E-state index contributed by atoms with van der Waals surface area (Å²) in [6, 6.07) is 0. The van der Waals surface area contributed by atoms with Crippen molar-refractivity contribution in [3.8, 4) is 0 Å². The Kier molecular flexibility index (Phi) is 2.30. The number of aliphatic hydroxyl groups is 2. The van der Waals surface area contributed by atoms with Gasteiger partial charge in [-0.3, -0.25) is 0 Å². The molecule has 0 aromatic heterocycles. The molecule has 1 saturated carbocycles. The molecule has 2 rings (SSSR count). The number of aliphatic hydroxyl groups excluding tert-OH is 1. The van der Waals surface area contributed by atoms with Crippen LogP contribution in [-0.2, 0) is 21.1 Å². The molecule has 2 aliphatic rings. The zero-order chi connectivity index (χ0) is 7.35. The number of hydrogen-bond donors (Lipinski definition) is 2. The molecule has 2 N–H and O–H groups in total. The molecule has 0 amide bonds. The Bertz CT molecular complexity index is 189. The Labute approximate surface area is 80.6 Å². The molecule has 3 unspecified atom stereocenters. The van der Waals surface area contributed by atoms with Crippen LogP contribution in [0.1, 0.15) is 13.3 Å². The third-order valence-electron chi connectivity index (χ3n) is 2.68. The summed E-state index contributed by atoms with van der Waals surface area (Å²) in [5, 5.41) is 19.0. The van der Waals surface area contributed by atoms with Gasteiger partial charge in [-0.05, 0) is 11.5 Å². The molecule has 2 aliphatic carbocycles. The van der Waals surface area contributed by atoms with Gasteiger partial charge in [-0.15, -0.1) is 12.0 Å². The van der Waals surface area contributed by atoms with Crippen LogP contribution < -0.4 is 0 Å². The molecule has 0 radical (unpaired) electrons. The van der Waals surface area contributed by atoms with E-state index < -0.39 is 5.60 Å². The van der Waals surface area contributed by atoms with Gasteiger partial charge in [0.25, 0.3) is 0 Å². The summed E-state index contributed by atoms with van der Waals surface area (Å²) in [5.74, 6) is 0.275. The maximum atomic E-state index is 9.61. The molecule has 0 aliphatic heterocycles. The van der Waals surface area contributed by atoms with E-state index in [0.717, 1.165) is 6.42 Å². The van der Waals surface area contributed by atoms with Crippen molar-refractivity contribution in [3.63, 3.8) is 0 Å². The normalized spacial score (nSPS) is 47.9. The van der Waals surface area contributed by atoms with Crippen LogP contribution in [0.2, 0.25) is 0 Å². The summed E-state index contributed by atoms with van der Waals surface area (Å²) in [7, 11) is 0. The van der Waals surface area contributed by atoms with Gasteiger partial charge in [0.2, 0.25) is 0 Å². The smallest absolute Gasteiger partial charge is 0 e. The molecule has 11 heavy (non-hydrogen) atoms. The summed E-state index contributed by atoms with van der Waals surface area (Å²) in [5.41, 5.74) is -0.945. The minimum absolute atomic E-state index is 0. The first-order valence-corrected chi connectivity index (χ1v) is 3.59. The fourth-order valence-corrected chi connectivity index (χ4v) is 1.88. The Balaban J connectivity index is 0.000000605. The van der Waals surface area contributed by atoms with Crippen molar-refractivity contribution < 1.29 is 31.3 Å². The van der Waals surface area contributed by atoms with Crippen molar-refractivity contribution in [3.05, 3.63) is 18.3 Å². The number of hydrogen-bond acceptors (Lipinski definition) is 2. The average molecular weight is 323 g/mol. The van der Waals surface area contributed by atoms with Crippen molar-refractivity contribution >= 4 is 0 Å². The third-order valence-corrected chi connectivity index (χ3v) is 2.68. The van der Waals surface area contributed by atoms with Gasteiger partial charge in [-0.2, -0.15) is 6.10 Å². The van der Waals surface area contributed by atoms with Crippen LogP contribution in [0.3, 0.4) is 0 Å². The predicted molar refractivity (Wildman–Crippen MR) is 36.5 cm³/mol. The first-order chi connectivity index (χ1) is 4.62. The largest absolute Gasteiger partial charge is 0.560 e. The molecule has 0 spiro atoms. The third kappa shape index (κ3) is 1.12. The standard InChI is InChI=1S/C8H11O2.W/c1-8(10)6-3-2-5(4-6)7(8)9;/h2-3,5-6,9-10H,4H2,1H3;/q-1;. The average Bonchev–Trinajstić information content (AvgIpc) is 2.37. The van der Waals surface area contributed by atoms with Crippen molar-refractivity contribution in [2.24, 2.45) is 11.8 Å². The van der Waals surface area contributed by atoms with E-state index in [-0.39, 0.29) is 39.0 Å². The van der Waals surface area contributed by atoms with E-state index in [9.17, 15) is 10.2 Å².